The number of carbonyl (C=O) groups excluding carboxylic acids is 1. The summed E-state index contributed by atoms with van der Waals surface area (Å²) in [6.45, 7) is 5.42. The molecule has 0 aliphatic carbocycles. The van der Waals surface area contributed by atoms with E-state index in [0.717, 1.165) is 45.2 Å². The van der Waals surface area contributed by atoms with Crippen molar-refractivity contribution in [2.45, 2.75) is 38.5 Å². The molecule has 7 nitrogen and oxygen atoms in total. The van der Waals surface area contributed by atoms with Gasteiger partial charge >= 0.3 is 0 Å². The second kappa shape index (κ2) is 9.50. The molecule has 25 heavy (non-hydrogen) atoms. The van der Waals surface area contributed by atoms with Gasteiger partial charge in [0, 0.05) is 45.7 Å². The number of nitrogens with one attached hydrogen (secondary N) is 1. The topological polar surface area (TPSA) is 73.0 Å². The summed E-state index contributed by atoms with van der Waals surface area (Å²) in [5.41, 5.74) is 0. The summed E-state index contributed by atoms with van der Waals surface area (Å²) < 4.78 is 28.5. The Balaban J connectivity index is 0.00000225. The first-order chi connectivity index (χ1) is 11.6. The molecule has 1 amide bonds. The molecule has 0 radical (unpaired) electrons. The Morgan fingerprint density at radius 1 is 0.880 bits per heavy atom. The second-order valence-corrected chi connectivity index (χ2v) is 9.07. The maximum Gasteiger partial charge on any atom is 0.282 e. The van der Waals surface area contributed by atoms with Crippen LogP contribution >= 0.6 is 12.4 Å². The average molecular weight is 395 g/mol. The van der Waals surface area contributed by atoms with Gasteiger partial charge in [0.25, 0.3) is 10.2 Å². The van der Waals surface area contributed by atoms with E-state index in [9.17, 15) is 13.2 Å². The fourth-order valence-corrected chi connectivity index (χ4v) is 5.64. The maximum absolute atomic E-state index is 12.7. The molecular formula is C16H31ClN4O3S. The van der Waals surface area contributed by atoms with Gasteiger partial charge in [-0.1, -0.05) is 0 Å². The van der Waals surface area contributed by atoms with Crippen LogP contribution in [0.25, 0.3) is 0 Å². The lowest BCUT2D eigenvalue weighted by Crippen LogP contribution is -2.44. The molecule has 0 aromatic carbocycles. The number of nitrogens with zero attached hydrogens (tertiary/aromatic N) is 3. The molecule has 3 rings (SSSR count). The van der Waals surface area contributed by atoms with Gasteiger partial charge in [-0.15, -0.1) is 12.4 Å². The third-order valence-corrected chi connectivity index (χ3v) is 7.48. The Bertz CT molecular complexity index is 533. The predicted molar refractivity (Wildman–Crippen MR) is 100.0 cm³/mol. The van der Waals surface area contributed by atoms with E-state index in [1.807, 2.05) is 4.90 Å². The predicted octanol–water partition coefficient (Wildman–Crippen LogP) is 0.673. The lowest BCUT2D eigenvalue weighted by atomic mass is 9.94. The zero-order valence-corrected chi connectivity index (χ0v) is 16.5. The van der Waals surface area contributed by atoms with Gasteiger partial charge in [-0.2, -0.15) is 17.0 Å². The lowest BCUT2D eigenvalue weighted by molar-refractivity contribution is -0.132. The summed E-state index contributed by atoms with van der Waals surface area (Å²) in [5, 5.41) is 3.32. The third-order valence-electron chi connectivity index (χ3n) is 5.45. The van der Waals surface area contributed by atoms with Gasteiger partial charge in [-0.25, -0.2) is 0 Å². The lowest BCUT2D eigenvalue weighted by Gasteiger charge is -2.27. The van der Waals surface area contributed by atoms with Crippen molar-refractivity contribution in [3.63, 3.8) is 0 Å². The molecule has 3 aliphatic rings. The number of hydrogen-bond acceptors (Lipinski definition) is 4. The van der Waals surface area contributed by atoms with Gasteiger partial charge in [0.15, 0.2) is 0 Å². The fourth-order valence-electron chi connectivity index (χ4n) is 3.92. The summed E-state index contributed by atoms with van der Waals surface area (Å²) in [5.74, 6) is 0.675. The molecule has 0 atom stereocenters. The Kier molecular flexibility index (Phi) is 7.94. The SMILES string of the molecule is Cl.O=C(CC1CCNCC1)N1CCCN(S(=O)(=O)N2CCCC2)CC1. The van der Waals surface area contributed by atoms with Crippen molar-refractivity contribution < 1.29 is 13.2 Å². The molecule has 1 N–H and O–H groups in total. The summed E-state index contributed by atoms with van der Waals surface area (Å²) in [6, 6.07) is 0. The van der Waals surface area contributed by atoms with Gasteiger partial charge in [0.1, 0.15) is 0 Å². The van der Waals surface area contributed by atoms with Gasteiger partial charge in [-0.05, 0) is 51.1 Å². The molecule has 0 bridgehead atoms. The number of carbonyl (C=O) groups is 1. The highest BCUT2D eigenvalue weighted by molar-refractivity contribution is 7.86. The van der Waals surface area contributed by atoms with E-state index in [-0.39, 0.29) is 18.3 Å². The molecular weight excluding hydrogens is 364 g/mol. The van der Waals surface area contributed by atoms with Crippen LogP contribution < -0.4 is 5.32 Å². The first-order valence-corrected chi connectivity index (χ1v) is 10.7. The fraction of sp³-hybridized carbons (Fsp3) is 0.938. The van der Waals surface area contributed by atoms with E-state index in [1.54, 1.807) is 8.61 Å². The molecule has 0 unspecified atom stereocenters. The van der Waals surface area contributed by atoms with Crippen molar-refractivity contribution in [1.82, 2.24) is 18.8 Å². The monoisotopic (exact) mass is 394 g/mol. The van der Waals surface area contributed by atoms with E-state index in [1.165, 1.54) is 0 Å². The molecule has 0 saturated carbocycles. The summed E-state index contributed by atoms with van der Waals surface area (Å²) in [7, 11) is -3.34. The van der Waals surface area contributed by atoms with Gasteiger partial charge in [-0.3, -0.25) is 4.79 Å². The first kappa shape index (κ1) is 20.9. The van der Waals surface area contributed by atoms with Crippen LogP contribution in [0.1, 0.15) is 38.5 Å². The highest BCUT2D eigenvalue weighted by atomic mass is 35.5. The molecule has 146 valence electrons. The quantitative estimate of drug-likeness (QED) is 0.760. The van der Waals surface area contributed by atoms with Crippen molar-refractivity contribution in [2.75, 3.05) is 52.4 Å². The smallest absolute Gasteiger partial charge is 0.282 e. The molecule has 3 saturated heterocycles. The molecule has 3 aliphatic heterocycles. The van der Waals surface area contributed by atoms with Crippen molar-refractivity contribution in [2.24, 2.45) is 5.92 Å². The highest BCUT2D eigenvalue weighted by Gasteiger charge is 2.33. The van der Waals surface area contributed by atoms with E-state index in [2.05, 4.69) is 5.32 Å². The van der Waals surface area contributed by atoms with Crippen LogP contribution in [0.5, 0.6) is 0 Å². The van der Waals surface area contributed by atoms with E-state index in [0.29, 0.717) is 51.6 Å². The van der Waals surface area contributed by atoms with E-state index in [4.69, 9.17) is 0 Å². The molecule has 0 spiro atoms. The number of amides is 1. The minimum absolute atomic E-state index is 0. The van der Waals surface area contributed by atoms with Crippen LogP contribution in [0.15, 0.2) is 0 Å². The minimum atomic E-state index is -3.34. The number of hydrogen-bond donors (Lipinski definition) is 1. The molecule has 9 heteroatoms. The Labute approximate surface area is 157 Å². The summed E-state index contributed by atoms with van der Waals surface area (Å²) >= 11 is 0. The third kappa shape index (κ3) is 5.29. The van der Waals surface area contributed by atoms with E-state index < -0.39 is 10.2 Å². The van der Waals surface area contributed by atoms with Gasteiger partial charge < -0.3 is 10.2 Å². The van der Waals surface area contributed by atoms with Crippen LogP contribution in [0, 0.1) is 5.92 Å². The van der Waals surface area contributed by atoms with Gasteiger partial charge in [0.2, 0.25) is 5.91 Å². The van der Waals surface area contributed by atoms with Crippen LogP contribution in [-0.2, 0) is 15.0 Å². The molecule has 3 heterocycles. The highest BCUT2D eigenvalue weighted by Crippen LogP contribution is 2.20. The largest absolute Gasteiger partial charge is 0.341 e. The van der Waals surface area contributed by atoms with E-state index >= 15 is 0 Å². The second-order valence-electron chi connectivity index (χ2n) is 7.14. The number of halogens is 1. The number of piperidine rings is 1. The van der Waals surface area contributed by atoms with Crippen LogP contribution in [0.3, 0.4) is 0 Å². The zero-order chi connectivity index (χ0) is 17.0. The average Bonchev–Trinajstić information content (AvgIpc) is 3.00. The standard InChI is InChI=1S/C16H30N4O3S.ClH/c21-16(14-15-4-6-17-7-5-15)18-8-3-11-20(13-12-18)24(22,23)19-9-1-2-10-19;/h15,17H,1-14H2;1H. The Morgan fingerprint density at radius 3 is 2.16 bits per heavy atom. The Morgan fingerprint density at radius 2 is 1.48 bits per heavy atom. The van der Waals surface area contributed by atoms with Crippen molar-refractivity contribution in [3.05, 3.63) is 0 Å². The number of rotatable bonds is 4. The molecule has 3 fully saturated rings. The van der Waals surface area contributed by atoms with Crippen molar-refractivity contribution >= 4 is 28.5 Å². The van der Waals surface area contributed by atoms with Crippen molar-refractivity contribution in [1.29, 1.82) is 0 Å². The van der Waals surface area contributed by atoms with Crippen LogP contribution in [0.4, 0.5) is 0 Å². The Hall–Kier alpha value is -0.410. The van der Waals surface area contributed by atoms with Gasteiger partial charge in [0.05, 0.1) is 0 Å². The van der Waals surface area contributed by atoms with Crippen LogP contribution in [-0.4, -0.2) is 80.2 Å². The summed E-state index contributed by atoms with van der Waals surface area (Å²) in [4.78, 5) is 14.4. The zero-order valence-electron chi connectivity index (χ0n) is 14.9. The molecule has 0 aromatic heterocycles. The maximum atomic E-state index is 12.7. The van der Waals surface area contributed by atoms with Crippen molar-refractivity contribution in [3.8, 4) is 0 Å². The minimum Gasteiger partial charge on any atom is -0.341 e. The molecule has 0 aromatic rings. The summed E-state index contributed by atoms with van der Waals surface area (Å²) in [6.07, 6.45) is 5.37. The van der Waals surface area contributed by atoms with Crippen LogP contribution in [0.2, 0.25) is 0 Å². The normalized spacial score (nSPS) is 24.7. The first-order valence-electron chi connectivity index (χ1n) is 9.31.